The third-order valence-corrected chi connectivity index (χ3v) is 6.57. The average molecular weight is 427 g/mol. The first-order valence-corrected chi connectivity index (χ1v) is 10.9. The monoisotopic (exact) mass is 426 g/mol. The van der Waals surface area contributed by atoms with E-state index in [1.165, 1.54) is 0 Å². The lowest BCUT2D eigenvalue weighted by atomic mass is 9.96. The summed E-state index contributed by atoms with van der Waals surface area (Å²) in [5.74, 6) is -0.430. The molecule has 1 amide bonds. The van der Waals surface area contributed by atoms with Crippen LogP contribution in [0.4, 0.5) is 4.79 Å². The molecule has 2 aromatic carbocycles. The SMILES string of the molecule is O=C1N[C@@]2(Oc3ccccc3[C@@H]3CC(c4ccccc4)=NN32)/C(=C/c2cccnc2)S1. The van der Waals surface area contributed by atoms with Gasteiger partial charge in [-0.15, -0.1) is 0 Å². The molecule has 0 aliphatic carbocycles. The Labute approximate surface area is 183 Å². The molecule has 2 atom stereocenters. The molecule has 1 fully saturated rings. The number of hydrazone groups is 1. The van der Waals surface area contributed by atoms with Crippen LogP contribution in [0.2, 0.25) is 0 Å². The van der Waals surface area contributed by atoms with Crippen LogP contribution in [0.1, 0.15) is 29.2 Å². The van der Waals surface area contributed by atoms with Crippen LogP contribution in [0.5, 0.6) is 5.75 Å². The average Bonchev–Trinajstić information content (AvgIpc) is 3.38. The van der Waals surface area contributed by atoms with Crippen molar-refractivity contribution in [2.45, 2.75) is 18.3 Å². The third-order valence-electron chi connectivity index (χ3n) is 5.67. The first-order chi connectivity index (χ1) is 15.2. The van der Waals surface area contributed by atoms with Gasteiger partial charge in [-0.2, -0.15) is 5.10 Å². The second kappa shape index (κ2) is 6.99. The minimum absolute atomic E-state index is 0.0449. The highest BCUT2D eigenvalue weighted by Crippen LogP contribution is 2.52. The van der Waals surface area contributed by atoms with Gasteiger partial charge in [0.25, 0.3) is 5.24 Å². The number of thioether (sulfide) groups is 1. The number of aromatic nitrogens is 1. The highest BCUT2D eigenvalue weighted by atomic mass is 32.2. The maximum atomic E-state index is 12.6. The predicted octanol–water partition coefficient (Wildman–Crippen LogP) is 4.78. The smallest absolute Gasteiger partial charge is 0.314 e. The number of hydrogen-bond donors (Lipinski definition) is 1. The number of hydrogen-bond acceptors (Lipinski definition) is 6. The van der Waals surface area contributed by atoms with Gasteiger partial charge in [-0.1, -0.05) is 54.6 Å². The van der Waals surface area contributed by atoms with Crippen molar-refractivity contribution >= 4 is 28.8 Å². The van der Waals surface area contributed by atoms with Gasteiger partial charge in [0.15, 0.2) is 0 Å². The molecule has 31 heavy (non-hydrogen) atoms. The highest BCUT2D eigenvalue weighted by Gasteiger charge is 2.58. The largest absolute Gasteiger partial charge is 0.444 e. The fraction of sp³-hybridized carbons (Fsp3) is 0.125. The van der Waals surface area contributed by atoms with Crippen LogP contribution in [-0.4, -0.2) is 26.8 Å². The number of rotatable bonds is 2. The Balaban J connectivity index is 1.52. The molecule has 152 valence electrons. The summed E-state index contributed by atoms with van der Waals surface area (Å²) in [5, 5.41) is 9.78. The summed E-state index contributed by atoms with van der Waals surface area (Å²) in [6, 6.07) is 21.9. The summed E-state index contributed by atoms with van der Waals surface area (Å²) in [4.78, 5) is 17.5. The molecule has 1 N–H and O–H groups in total. The van der Waals surface area contributed by atoms with E-state index in [1.807, 2.05) is 59.6 Å². The maximum absolute atomic E-state index is 12.6. The molecule has 1 saturated heterocycles. The van der Waals surface area contributed by atoms with Crippen molar-refractivity contribution in [1.29, 1.82) is 0 Å². The molecule has 6 nitrogen and oxygen atoms in total. The van der Waals surface area contributed by atoms with Gasteiger partial charge in [-0.3, -0.25) is 15.1 Å². The number of fused-ring (bicyclic) bond motifs is 4. The van der Waals surface area contributed by atoms with E-state index in [-0.39, 0.29) is 11.3 Å². The predicted molar refractivity (Wildman–Crippen MR) is 120 cm³/mol. The van der Waals surface area contributed by atoms with Gasteiger partial charge in [0, 0.05) is 24.4 Å². The van der Waals surface area contributed by atoms with Gasteiger partial charge in [-0.25, -0.2) is 5.01 Å². The zero-order valence-electron chi connectivity index (χ0n) is 16.4. The van der Waals surface area contributed by atoms with E-state index in [9.17, 15) is 4.79 Å². The van der Waals surface area contributed by atoms with E-state index in [0.717, 1.165) is 51.2 Å². The Morgan fingerprint density at radius 3 is 2.77 bits per heavy atom. The number of amides is 1. The molecule has 4 heterocycles. The standard InChI is InChI=1S/C24H18N4O2S/c29-23-26-24(22(31-23)13-16-7-6-12-25-15-16)28-20(18-10-4-5-11-21(18)30-24)14-19(27-28)17-8-2-1-3-9-17/h1-13,15,20H,14H2,(H,26,29)/b22-13-/t20-,24-/m0/s1. The fourth-order valence-electron chi connectivity index (χ4n) is 4.28. The van der Waals surface area contributed by atoms with Crippen LogP contribution in [-0.2, 0) is 0 Å². The highest BCUT2D eigenvalue weighted by molar-refractivity contribution is 8.17. The molecule has 6 rings (SSSR count). The van der Waals surface area contributed by atoms with E-state index >= 15 is 0 Å². The lowest BCUT2D eigenvalue weighted by Crippen LogP contribution is -2.61. The second-order valence-corrected chi connectivity index (χ2v) is 8.59. The van der Waals surface area contributed by atoms with E-state index in [0.29, 0.717) is 0 Å². The van der Waals surface area contributed by atoms with Crippen LogP contribution >= 0.6 is 11.8 Å². The van der Waals surface area contributed by atoms with E-state index in [4.69, 9.17) is 9.84 Å². The molecule has 0 radical (unpaired) electrons. The Morgan fingerprint density at radius 1 is 1.10 bits per heavy atom. The van der Waals surface area contributed by atoms with Crippen LogP contribution in [0.25, 0.3) is 6.08 Å². The number of nitrogens with one attached hydrogen (secondary N) is 1. The first-order valence-electron chi connectivity index (χ1n) is 10.1. The molecule has 0 unspecified atom stereocenters. The van der Waals surface area contributed by atoms with Crippen LogP contribution < -0.4 is 10.1 Å². The minimum Gasteiger partial charge on any atom is -0.444 e. The Bertz CT molecular complexity index is 1230. The van der Waals surface area contributed by atoms with Crippen molar-refractivity contribution in [3.63, 3.8) is 0 Å². The lowest BCUT2D eigenvalue weighted by Gasteiger charge is -2.45. The first kappa shape index (κ1) is 18.2. The summed E-state index contributed by atoms with van der Waals surface area (Å²) in [7, 11) is 0. The van der Waals surface area contributed by atoms with Gasteiger partial charge < -0.3 is 4.74 Å². The molecule has 3 aliphatic rings. The van der Waals surface area contributed by atoms with Crippen molar-refractivity contribution in [2.24, 2.45) is 5.10 Å². The number of nitrogens with zero attached hydrogens (tertiary/aromatic N) is 3. The number of carbonyl (C=O) groups is 1. The lowest BCUT2D eigenvalue weighted by molar-refractivity contribution is -0.0949. The molecule has 3 aromatic rings. The Hall–Kier alpha value is -3.58. The van der Waals surface area contributed by atoms with Crippen molar-refractivity contribution in [3.05, 3.63) is 101 Å². The van der Waals surface area contributed by atoms with Crippen molar-refractivity contribution in [1.82, 2.24) is 15.3 Å². The molecule has 7 heteroatoms. The van der Waals surface area contributed by atoms with Crippen LogP contribution in [0.15, 0.2) is 89.1 Å². The van der Waals surface area contributed by atoms with E-state index in [2.05, 4.69) is 28.5 Å². The number of pyridine rings is 1. The Kier molecular flexibility index (Phi) is 4.11. The normalized spacial score (nSPS) is 25.1. The number of para-hydroxylation sites is 1. The van der Waals surface area contributed by atoms with Gasteiger partial charge in [-0.05, 0) is 41.1 Å². The van der Waals surface area contributed by atoms with E-state index < -0.39 is 5.85 Å². The zero-order chi connectivity index (χ0) is 20.8. The molecule has 1 spiro atoms. The molecular formula is C24H18N4O2S. The number of ether oxygens (including phenoxy) is 1. The maximum Gasteiger partial charge on any atom is 0.314 e. The summed E-state index contributed by atoms with van der Waals surface area (Å²) < 4.78 is 6.51. The topological polar surface area (TPSA) is 66.8 Å². The molecule has 0 saturated carbocycles. The van der Waals surface area contributed by atoms with Gasteiger partial charge in [0.1, 0.15) is 5.75 Å². The zero-order valence-corrected chi connectivity index (χ0v) is 17.3. The van der Waals surface area contributed by atoms with E-state index in [1.54, 1.807) is 12.4 Å². The molecule has 3 aliphatic heterocycles. The minimum atomic E-state index is -1.19. The molecular weight excluding hydrogens is 408 g/mol. The quantitative estimate of drug-likeness (QED) is 0.639. The fourth-order valence-corrected chi connectivity index (χ4v) is 5.19. The van der Waals surface area contributed by atoms with Gasteiger partial charge in [0.05, 0.1) is 16.7 Å². The third kappa shape index (κ3) is 2.92. The van der Waals surface area contributed by atoms with Crippen molar-refractivity contribution in [2.75, 3.05) is 0 Å². The summed E-state index contributed by atoms with van der Waals surface area (Å²) in [6.07, 6.45) is 6.16. The second-order valence-electron chi connectivity index (χ2n) is 7.57. The van der Waals surface area contributed by atoms with Crippen LogP contribution in [0, 0.1) is 0 Å². The summed E-state index contributed by atoms with van der Waals surface area (Å²) in [6.45, 7) is 0. The van der Waals surface area contributed by atoms with Gasteiger partial charge in [0.2, 0.25) is 0 Å². The number of benzene rings is 2. The van der Waals surface area contributed by atoms with Gasteiger partial charge >= 0.3 is 5.85 Å². The Morgan fingerprint density at radius 2 is 1.94 bits per heavy atom. The molecule has 1 aromatic heterocycles. The van der Waals surface area contributed by atoms with Crippen molar-refractivity contribution < 1.29 is 9.53 Å². The number of carbonyl (C=O) groups excluding carboxylic acids is 1. The molecule has 0 bridgehead atoms. The summed E-state index contributed by atoms with van der Waals surface area (Å²) in [5.41, 5.74) is 4.00. The summed E-state index contributed by atoms with van der Waals surface area (Å²) >= 11 is 1.13. The van der Waals surface area contributed by atoms with Crippen molar-refractivity contribution in [3.8, 4) is 5.75 Å². The van der Waals surface area contributed by atoms with Crippen LogP contribution in [0.3, 0.4) is 0 Å².